The minimum Gasteiger partial charge on any atom is -0.340 e. The molecule has 0 radical (unpaired) electrons. The number of nitriles is 2. The van der Waals surface area contributed by atoms with E-state index in [4.69, 9.17) is 10.5 Å². The van der Waals surface area contributed by atoms with E-state index in [0.29, 0.717) is 5.56 Å². The van der Waals surface area contributed by atoms with E-state index in [-0.39, 0.29) is 43.9 Å². The number of nitro groups is 1. The Morgan fingerprint density at radius 3 is 2.29 bits per heavy atom. The molecule has 0 atom stereocenters. The second kappa shape index (κ2) is 8.28. The maximum Gasteiger partial charge on any atom is 0.273 e. The number of hydrogen-bond donors (Lipinski definition) is 0. The Kier molecular flexibility index (Phi) is 6.36. The molecule has 0 spiro atoms. The second-order valence-corrected chi connectivity index (χ2v) is 4.26. The van der Waals surface area contributed by atoms with Gasteiger partial charge in [-0.3, -0.25) is 14.9 Å². The number of nitrogens with zero attached hydrogens (tertiary/aromatic N) is 4. The number of benzene rings is 1. The first-order valence-electron chi connectivity index (χ1n) is 6.34. The second-order valence-electron chi connectivity index (χ2n) is 4.26. The monoisotopic (exact) mass is 286 g/mol. The van der Waals surface area contributed by atoms with Gasteiger partial charge in [0.15, 0.2) is 0 Å². The summed E-state index contributed by atoms with van der Waals surface area (Å²) in [5, 5.41) is 28.1. The summed E-state index contributed by atoms with van der Waals surface area (Å²) in [7, 11) is 0. The molecule has 0 unspecified atom stereocenters. The Labute approximate surface area is 122 Å². The molecule has 21 heavy (non-hydrogen) atoms. The van der Waals surface area contributed by atoms with Crippen molar-refractivity contribution in [2.24, 2.45) is 0 Å². The number of para-hydroxylation sites is 1. The Hall–Kier alpha value is -2.93. The van der Waals surface area contributed by atoms with Crippen LogP contribution in [0.2, 0.25) is 0 Å². The molecule has 108 valence electrons. The summed E-state index contributed by atoms with van der Waals surface area (Å²) >= 11 is 0. The van der Waals surface area contributed by atoms with Crippen molar-refractivity contribution in [3.05, 3.63) is 39.9 Å². The summed E-state index contributed by atoms with van der Waals surface area (Å²) in [4.78, 5) is 24.0. The highest BCUT2D eigenvalue weighted by atomic mass is 16.6. The summed E-state index contributed by atoms with van der Waals surface area (Å²) in [6, 6.07) is 9.92. The maximum absolute atomic E-state index is 12.2. The van der Waals surface area contributed by atoms with Gasteiger partial charge in [0.25, 0.3) is 5.69 Å². The van der Waals surface area contributed by atoms with Crippen molar-refractivity contribution in [2.45, 2.75) is 19.3 Å². The van der Waals surface area contributed by atoms with Gasteiger partial charge >= 0.3 is 0 Å². The summed E-state index contributed by atoms with van der Waals surface area (Å²) in [5.74, 6) is -0.324. The van der Waals surface area contributed by atoms with Crippen molar-refractivity contribution in [2.75, 3.05) is 13.1 Å². The minimum absolute atomic E-state index is 0.105. The number of nitro benzene ring substituents is 1. The van der Waals surface area contributed by atoms with E-state index < -0.39 is 4.92 Å². The third kappa shape index (κ3) is 4.92. The smallest absolute Gasteiger partial charge is 0.273 e. The van der Waals surface area contributed by atoms with Gasteiger partial charge in [0.05, 0.1) is 36.3 Å². The third-order valence-electron chi connectivity index (χ3n) is 2.87. The first-order valence-corrected chi connectivity index (χ1v) is 6.34. The predicted octanol–water partition coefficient (Wildman–Crippen LogP) is 1.79. The lowest BCUT2D eigenvalue weighted by molar-refractivity contribution is -0.385. The van der Waals surface area contributed by atoms with Crippen LogP contribution in [0.1, 0.15) is 18.4 Å². The maximum atomic E-state index is 12.2. The van der Waals surface area contributed by atoms with Crippen LogP contribution < -0.4 is 0 Å². The van der Waals surface area contributed by atoms with E-state index in [0.717, 1.165) is 0 Å². The molecule has 1 aromatic carbocycles. The minimum atomic E-state index is -0.530. The van der Waals surface area contributed by atoms with E-state index in [1.807, 2.05) is 12.1 Å². The Balaban J connectivity index is 2.84. The molecular weight excluding hydrogens is 272 g/mol. The summed E-state index contributed by atoms with van der Waals surface area (Å²) < 4.78 is 0. The van der Waals surface area contributed by atoms with Gasteiger partial charge in [-0.1, -0.05) is 18.2 Å². The largest absolute Gasteiger partial charge is 0.340 e. The van der Waals surface area contributed by atoms with Crippen molar-refractivity contribution in [3.63, 3.8) is 0 Å². The summed E-state index contributed by atoms with van der Waals surface area (Å²) in [5.41, 5.74) is 0.220. The number of amides is 1. The van der Waals surface area contributed by atoms with Gasteiger partial charge in [-0.25, -0.2) is 0 Å². The van der Waals surface area contributed by atoms with Gasteiger partial charge in [-0.15, -0.1) is 0 Å². The fraction of sp³-hybridized carbons (Fsp3) is 0.357. The molecule has 0 aliphatic carbocycles. The molecule has 1 amide bonds. The van der Waals surface area contributed by atoms with Crippen LogP contribution >= 0.6 is 0 Å². The highest BCUT2D eigenvalue weighted by Crippen LogP contribution is 2.18. The molecule has 7 nitrogen and oxygen atoms in total. The Morgan fingerprint density at radius 1 is 1.19 bits per heavy atom. The predicted molar refractivity (Wildman–Crippen MR) is 73.8 cm³/mol. The molecular formula is C14H14N4O3. The molecule has 0 bridgehead atoms. The first-order chi connectivity index (χ1) is 10.1. The van der Waals surface area contributed by atoms with Crippen LogP contribution in [-0.2, 0) is 11.2 Å². The van der Waals surface area contributed by atoms with Gasteiger partial charge < -0.3 is 4.90 Å². The number of carbonyl (C=O) groups is 1. The van der Waals surface area contributed by atoms with Crippen molar-refractivity contribution in [3.8, 4) is 12.1 Å². The average Bonchev–Trinajstić information content (AvgIpc) is 2.47. The van der Waals surface area contributed by atoms with Gasteiger partial charge in [0.2, 0.25) is 5.91 Å². The lowest BCUT2D eigenvalue weighted by Gasteiger charge is -2.20. The third-order valence-corrected chi connectivity index (χ3v) is 2.87. The van der Waals surface area contributed by atoms with E-state index >= 15 is 0 Å². The molecule has 0 fully saturated rings. The normalized spacial score (nSPS) is 9.43. The van der Waals surface area contributed by atoms with E-state index in [1.54, 1.807) is 6.07 Å². The van der Waals surface area contributed by atoms with Crippen molar-refractivity contribution >= 4 is 11.6 Å². The quantitative estimate of drug-likeness (QED) is 0.560. The van der Waals surface area contributed by atoms with Gasteiger partial charge in [-0.05, 0) is 0 Å². The van der Waals surface area contributed by atoms with Crippen LogP contribution in [0, 0.1) is 32.8 Å². The highest BCUT2D eigenvalue weighted by molar-refractivity contribution is 5.80. The zero-order chi connectivity index (χ0) is 15.7. The molecule has 0 aliphatic heterocycles. The SMILES string of the molecule is N#CCCN(CCC#N)C(=O)Cc1ccccc1[N+](=O)[O-]. The molecule has 1 aromatic rings. The van der Waals surface area contributed by atoms with E-state index in [2.05, 4.69) is 0 Å². The molecule has 1 rings (SSSR count). The van der Waals surface area contributed by atoms with Crippen LogP contribution in [0.15, 0.2) is 24.3 Å². The van der Waals surface area contributed by atoms with E-state index in [9.17, 15) is 14.9 Å². The Morgan fingerprint density at radius 2 is 1.76 bits per heavy atom. The standard InChI is InChI=1S/C14H14N4O3/c15-7-3-9-17(10-4-8-16)14(19)11-12-5-1-2-6-13(12)18(20)21/h1-2,5-6H,3-4,9-11H2. The van der Waals surface area contributed by atoms with Crippen molar-refractivity contribution < 1.29 is 9.72 Å². The van der Waals surface area contributed by atoms with Crippen molar-refractivity contribution in [1.82, 2.24) is 4.90 Å². The van der Waals surface area contributed by atoms with Gasteiger partial charge in [0, 0.05) is 24.7 Å². The lowest BCUT2D eigenvalue weighted by Crippen LogP contribution is -2.34. The fourth-order valence-electron chi connectivity index (χ4n) is 1.84. The van der Waals surface area contributed by atoms with Crippen molar-refractivity contribution in [1.29, 1.82) is 10.5 Å². The van der Waals surface area contributed by atoms with Crippen LogP contribution in [0.5, 0.6) is 0 Å². The summed E-state index contributed by atoms with van der Waals surface area (Å²) in [6.45, 7) is 0.440. The van der Waals surface area contributed by atoms with Gasteiger partial charge in [0.1, 0.15) is 0 Å². The van der Waals surface area contributed by atoms with Crippen LogP contribution in [0.3, 0.4) is 0 Å². The molecule has 0 heterocycles. The van der Waals surface area contributed by atoms with E-state index in [1.165, 1.54) is 23.1 Å². The van der Waals surface area contributed by atoms with Crippen LogP contribution in [0.25, 0.3) is 0 Å². The molecule has 7 heteroatoms. The molecule has 0 saturated carbocycles. The molecule has 0 aromatic heterocycles. The summed E-state index contributed by atoms with van der Waals surface area (Å²) in [6.07, 6.45) is 0.204. The zero-order valence-electron chi connectivity index (χ0n) is 11.4. The van der Waals surface area contributed by atoms with Gasteiger partial charge in [-0.2, -0.15) is 10.5 Å². The highest BCUT2D eigenvalue weighted by Gasteiger charge is 2.19. The molecule has 0 N–H and O–H groups in total. The molecule has 0 saturated heterocycles. The number of hydrogen-bond acceptors (Lipinski definition) is 5. The van der Waals surface area contributed by atoms with Crippen LogP contribution in [0.4, 0.5) is 5.69 Å². The zero-order valence-corrected chi connectivity index (χ0v) is 11.4. The molecule has 0 aliphatic rings. The first kappa shape index (κ1) is 16.1. The number of carbonyl (C=O) groups excluding carboxylic acids is 1. The topological polar surface area (TPSA) is 111 Å². The lowest BCUT2D eigenvalue weighted by atomic mass is 10.1. The Bertz CT molecular complexity index is 583. The number of rotatable bonds is 7. The average molecular weight is 286 g/mol. The van der Waals surface area contributed by atoms with Crippen LogP contribution in [-0.4, -0.2) is 28.8 Å². The fourth-order valence-corrected chi connectivity index (χ4v) is 1.84.